The summed E-state index contributed by atoms with van der Waals surface area (Å²) >= 11 is 0. The number of rotatable bonds is 3. The SMILES string of the molecule is Cc1cc(N2CCC(Nc3ncccc3C#N)CC2)nc(C)n1. The molecule has 118 valence electrons. The van der Waals surface area contributed by atoms with Gasteiger partial charge >= 0.3 is 0 Å². The van der Waals surface area contributed by atoms with Crippen LogP contribution in [0.3, 0.4) is 0 Å². The molecule has 0 amide bonds. The van der Waals surface area contributed by atoms with E-state index in [0.29, 0.717) is 17.4 Å². The Labute approximate surface area is 136 Å². The summed E-state index contributed by atoms with van der Waals surface area (Å²) in [6, 6.07) is 8.12. The highest BCUT2D eigenvalue weighted by Gasteiger charge is 2.21. The van der Waals surface area contributed by atoms with Gasteiger partial charge in [-0.3, -0.25) is 0 Å². The summed E-state index contributed by atoms with van der Waals surface area (Å²) < 4.78 is 0. The van der Waals surface area contributed by atoms with Crippen molar-refractivity contribution in [1.29, 1.82) is 5.26 Å². The molecule has 3 heterocycles. The van der Waals surface area contributed by atoms with Crippen LogP contribution in [-0.2, 0) is 0 Å². The van der Waals surface area contributed by atoms with Crippen molar-refractivity contribution in [3.8, 4) is 6.07 Å². The molecule has 2 aromatic rings. The maximum Gasteiger partial charge on any atom is 0.144 e. The largest absolute Gasteiger partial charge is 0.366 e. The van der Waals surface area contributed by atoms with Gasteiger partial charge in [0.05, 0.1) is 5.56 Å². The monoisotopic (exact) mass is 308 g/mol. The molecule has 0 radical (unpaired) electrons. The predicted octanol–water partition coefficient (Wildman–Crippen LogP) is 2.44. The highest BCUT2D eigenvalue weighted by Crippen LogP contribution is 2.21. The third-order valence-corrected chi connectivity index (χ3v) is 4.04. The normalized spacial score (nSPS) is 15.3. The van der Waals surface area contributed by atoms with Crippen LogP contribution in [0, 0.1) is 25.2 Å². The number of aryl methyl sites for hydroxylation is 2. The zero-order valence-corrected chi connectivity index (χ0v) is 13.5. The second-order valence-corrected chi connectivity index (χ2v) is 5.83. The fourth-order valence-electron chi connectivity index (χ4n) is 2.92. The smallest absolute Gasteiger partial charge is 0.144 e. The van der Waals surface area contributed by atoms with Crippen molar-refractivity contribution in [2.45, 2.75) is 32.7 Å². The second-order valence-electron chi connectivity index (χ2n) is 5.83. The third-order valence-electron chi connectivity index (χ3n) is 4.04. The van der Waals surface area contributed by atoms with Gasteiger partial charge in [-0.25, -0.2) is 15.0 Å². The molecule has 0 aliphatic carbocycles. The van der Waals surface area contributed by atoms with E-state index in [1.165, 1.54) is 0 Å². The van der Waals surface area contributed by atoms with E-state index in [1.54, 1.807) is 18.3 Å². The Morgan fingerprint density at radius 1 is 1.26 bits per heavy atom. The lowest BCUT2D eigenvalue weighted by Crippen LogP contribution is -2.40. The van der Waals surface area contributed by atoms with Crippen molar-refractivity contribution in [2.24, 2.45) is 0 Å². The Morgan fingerprint density at radius 3 is 2.74 bits per heavy atom. The molecule has 1 aliphatic heterocycles. The molecule has 1 saturated heterocycles. The number of anilines is 2. The van der Waals surface area contributed by atoms with E-state index in [4.69, 9.17) is 5.26 Å². The van der Waals surface area contributed by atoms with E-state index in [0.717, 1.165) is 43.3 Å². The molecule has 6 heteroatoms. The lowest BCUT2D eigenvalue weighted by Gasteiger charge is -2.33. The van der Waals surface area contributed by atoms with Crippen molar-refractivity contribution in [3.63, 3.8) is 0 Å². The van der Waals surface area contributed by atoms with E-state index in [-0.39, 0.29) is 0 Å². The van der Waals surface area contributed by atoms with Gasteiger partial charge in [0.25, 0.3) is 0 Å². The zero-order chi connectivity index (χ0) is 16.2. The van der Waals surface area contributed by atoms with Crippen molar-refractivity contribution >= 4 is 11.6 Å². The van der Waals surface area contributed by atoms with Crippen LogP contribution < -0.4 is 10.2 Å². The molecule has 2 aromatic heterocycles. The first kappa shape index (κ1) is 15.2. The number of aromatic nitrogens is 3. The summed E-state index contributed by atoms with van der Waals surface area (Å²) in [6.45, 7) is 5.79. The van der Waals surface area contributed by atoms with Crippen LogP contribution in [0.25, 0.3) is 0 Å². The first-order valence-corrected chi connectivity index (χ1v) is 7.84. The molecule has 6 nitrogen and oxygen atoms in total. The first-order chi connectivity index (χ1) is 11.2. The van der Waals surface area contributed by atoms with Gasteiger partial charge in [-0.15, -0.1) is 0 Å². The number of nitriles is 1. The van der Waals surface area contributed by atoms with Crippen LogP contribution in [0.1, 0.15) is 29.9 Å². The summed E-state index contributed by atoms with van der Waals surface area (Å²) in [5.74, 6) is 2.50. The van der Waals surface area contributed by atoms with Gasteiger partial charge < -0.3 is 10.2 Å². The topological polar surface area (TPSA) is 77.7 Å². The van der Waals surface area contributed by atoms with Gasteiger partial charge in [-0.2, -0.15) is 5.26 Å². The number of nitrogens with zero attached hydrogens (tertiary/aromatic N) is 5. The van der Waals surface area contributed by atoms with Crippen molar-refractivity contribution in [2.75, 3.05) is 23.3 Å². The van der Waals surface area contributed by atoms with Crippen molar-refractivity contribution < 1.29 is 0 Å². The fourth-order valence-corrected chi connectivity index (χ4v) is 2.92. The number of pyridine rings is 1. The number of nitrogens with one attached hydrogen (secondary N) is 1. The van der Waals surface area contributed by atoms with Gasteiger partial charge in [0, 0.05) is 37.1 Å². The van der Waals surface area contributed by atoms with E-state index < -0.39 is 0 Å². The minimum Gasteiger partial charge on any atom is -0.366 e. The Hall–Kier alpha value is -2.68. The molecule has 0 atom stereocenters. The molecule has 1 N–H and O–H groups in total. The van der Waals surface area contributed by atoms with Gasteiger partial charge in [0.2, 0.25) is 0 Å². The summed E-state index contributed by atoms with van der Waals surface area (Å²) in [5, 5.41) is 12.5. The lowest BCUT2D eigenvalue weighted by atomic mass is 10.0. The van der Waals surface area contributed by atoms with Gasteiger partial charge in [0.15, 0.2) is 0 Å². The Bertz CT molecular complexity index is 708. The minimum absolute atomic E-state index is 0.331. The first-order valence-electron chi connectivity index (χ1n) is 7.84. The lowest BCUT2D eigenvalue weighted by molar-refractivity contribution is 0.521. The highest BCUT2D eigenvalue weighted by molar-refractivity contribution is 5.52. The van der Waals surface area contributed by atoms with Gasteiger partial charge in [-0.1, -0.05) is 0 Å². The highest BCUT2D eigenvalue weighted by atomic mass is 15.2. The van der Waals surface area contributed by atoms with Crippen LogP contribution in [0.2, 0.25) is 0 Å². The minimum atomic E-state index is 0.331. The van der Waals surface area contributed by atoms with E-state index in [2.05, 4.69) is 31.2 Å². The van der Waals surface area contributed by atoms with Crippen LogP contribution in [-0.4, -0.2) is 34.1 Å². The molecule has 1 fully saturated rings. The van der Waals surface area contributed by atoms with Crippen LogP contribution in [0.4, 0.5) is 11.6 Å². The average molecular weight is 308 g/mol. The maximum absolute atomic E-state index is 9.14. The van der Waals surface area contributed by atoms with Gasteiger partial charge in [0.1, 0.15) is 23.5 Å². The van der Waals surface area contributed by atoms with Crippen LogP contribution >= 0.6 is 0 Å². The predicted molar refractivity (Wildman–Crippen MR) is 89.3 cm³/mol. The third kappa shape index (κ3) is 3.57. The molecule has 1 aliphatic rings. The molecule has 23 heavy (non-hydrogen) atoms. The van der Waals surface area contributed by atoms with E-state index in [1.807, 2.05) is 19.9 Å². The number of hydrogen-bond donors (Lipinski definition) is 1. The van der Waals surface area contributed by atoms with Crippen molar-refractivity contribution in [1.82, 2.24) is 15.0 Å². The summed E-state index contributed by atoms with van der Waals surface area (Å²) in [6.07, 6.45) is 3.69. The summed E-state index contributed by atoms with van der Waals surface area (Å²) in [7, 11) is 0. The Morgan fingerprint density at radius 2 is 2.04 bits per heavy atom. The number of hydrogen-bond acceptors (Lipinski definition) is 6. The number of piperidine rings is 1. The fraction of sp³-hybridized carbons (Fsp3) is 0.412. The molecular weight excluding hydrogens is 288 g/mol. The Balaban J connectivity index is 1.63. The molecule has 0 unspecified atom stereocenters. The second kappa shape index (κ2) is 6.61. The molecule has 3 rings (SSSR count). The van der Waals surface area contributed by atoms with E-state index >= 15 is 0 Å². The standard InChI is InChI=1S/C17H20N6/c1-12-10-16(21-13(2)20-12)23-8-5-15(6-9-23)22-17-14(11-18)4-3-7-19-17/h3-4,7,10,15H,5-6,8-9H2,1-2H3,(H,19,22). The average Bonchev–Trinajstić information content (AvgIpc) is 2.55. The van der Waals surface area contributed by atoms with Crippen molar-refractivity contribution in [3.05, 3.63) is 41.5 Å². The van der Waals surface area contributed by atoms with E-state index in [9.17, 15) is 0 Å². The molecule has 0 bridgehead atoms. The molecule has 0 spiro atoms. The molecule has 0 saturated carbocycles. The summed E-state index contributed by atoms with van der Waals surface area (Å²) in [5.41, 5.74) is 1.59. The molecule has 0 aromatic carbocycles. The molecular formula is C17H20N6. The van der Waals surface area contributed by atoms with Gasteiger partial charge in [-0.05, 0) is 38.8 Å². The quantitative estimate of drug-likeness (QED) is 0.938. The zero-order valence-electron chi connectivity index (χ0n) is 13.5. The summed E-state index contributed by atoms with van der Waals surface area (Å²) in [4.78, 5) is 15.4. The maximum atomic E-state index is 9.14. The van der Waals surface area contributed by atoms with Crippen LogP contribution in [0.15, 0.2) is 24.4 Å². The Kier molecular flexibility index (Phi) is 4.38. The van der Waals surface area contributed by atoms with Crippen LogP contribution in [0.5, 0.6) is 0 Å².